The molecule has 0 aliphatic carbocycles. The first-order chi connectivity index (χ1) is 12.6. The van der Waals surface area contributed by atoms with Crippen LogP contribution in [0.2, 0.25) is 5.02 Å². The summed E-state index contributed by atoms with van der Waals surface area (Å²) in [5.41, 5.74) is 5.73. The molecule has 26 heavy (non-hydrogen) atoms. The number of hydrogen-bond acceptors (Lipinski definition) is 4. The zero-order chi connectivity index (χ0) is 18.3. The van der Waals surface area contributed by atoms with Crippen LogP contribution in [-0.2, 0) is 4.74 Å². The fourth-order valence-corrected chi connectivity index (χ4v) is 4.37. The summed E-state index contributed by atoms with van der Waals surface area (Å²) in [4.78, 5) is 5.89. The Labute approximate surface area is 161 Å². The lowest BCUT2D eigenvalue weighted by molar-refractivity contribution is 0.210. The second kappa shape index (κ2) is 6.91. The van der Waals surface area contributed by atoms with Crippen molar-refractivity contribution in [3.8, 4) is 11.3 Å². The van der Waals surface area contributed by atoms with Gasteiger partial charge in [-0.15, -0.1) is 0 Å². The molecule has 2 aromatic carbocycles. The van der Waals surface area contributed by atoms with Gasteiger partial charge in [0, 0.05) is 24.2 Å². The zero-order valence-corrected chi connectivity index (χ0v) is 16.5. The Morgan fingerprint density at radius 2 is 2.00 bits per heavy atom. The molecule has 0 bridgehead atoms. The summed E-state index contributed by atoms with van der Waals surface area (Å²) in [5, 5.41) is 4.25. The molecule has 0 aliphatic rings. The number of hydrogen-bond donors (Lipinski definition) is 1. The Kier molecular flexibility index (Phi) is 4.61. The molecule has 0 spiro atoms. The third-order valence-electron chi connectivity index (χ3n) is 4.59. The maximum absolute atomic E-state index is 6.16. The van der Waals surface area contributed by atoms with Crippen molar-refractivity contribution < 1.29 is 4.74 Å². The second-order valence-corrected chi connectivity index (χ2v) is 7.81. The molecule has 0 radical (unpaired) electrons. The molecular formula is C20H20ClN3OS. The summed E-state index contributed by atoms with van der Waals surface area (Å²) >= 11 is 7.81. The van der Waals surface area contributed by atoms with Gasteiger partial charge < -0.3 is 10.1 Å². The molecule has 4 aromatic rings. The topological polar surface area (TPSA) is 38.6 Å². The molecule has 2 aromatic heterocycles. The molecule has 0 saturated heterocycles. The highest BCUT2D eigenvalue weighted by atomic mass is 35.5. The zero-order valence-electron chi connectivity index (χ0n) is 15.0. The minimum absolute atomic E-state index is 0.632. The highest BCUT2D eigenvalue weighted by molar-refractivity contribution is 7.23. The van der Waals surface area contributed by atoms with Gasteiger partial charge in [0.05, 0.1) is 16.8 Å². The molecule has 0 fully saturated rings. The number of anilines is 1. The van der Waals surface area contributed by atoms with E-state index < -0.39 is 0 Å². The summed E-state index contributed by atoms with van der Waals surface area (Å²) in [7, 11) is 1.71. The summed E-state index contributed by atoms with van der Waals surface area (Å²) in [6, 6.07) is 12.4. The highest BCUT2D eigenvalue weighted by Gasteiger charge is 2.18. The first-order valence-electron chi connectivity index (χ1n) is 8.49. The number of rotatable bonds is 5. The van der Waals surface area contributed by atoms with Gasteiger partial charge in [-0.2, -0.15) is 0 Å². The van der Waals surface area contributed by atoms with E-state index in [1.54, 1.807) is 18.4 Å². The predicted molar refractivity (Wildman–Crippen MR) is 111 cm³/mol. The Bertz CT molecular complexity index is 1100. The van der Waals surface area contributed by atoms with E-state index in [0.29, 0.717) is 13.2 Å². The largest absolute Gasteiger partial charge is 0.383 e. The lowest BCUT2D eigenvalue weighted by atomic mass is 10.0. The minimum atomic E-state index is 0.632. The van der Waals surface area contributed by atoms with E-state index in [1.165, 1.54) is 11.1 Å². The number of aryl methyl sites for hydroxylation is 2. The van der Waals surface area contributed by atoms with Crippen LogP contribution in [0.25, 0.3) is 26.4 Å². The van der Waals surface area contributed by atoms with E-state index in [-0.39, 0.29) is 0 Å². The monoisotopic (exact) mass is 385 g/mol. The van der Waals surface area contributed by atoms with Gasteiger partial charge in [0.25, 0.3) is 0 Å². The number of nitrogens with one attached hydrogen (secondary N) is 1. The number of imidazole rings is 1. The first-order valence-corrected chi connectivity index (χ1v) is 9.69. The van der Waals surface area contributed by atoms with Crippen LogP contribution in [0.3, 0.4) is 0 Å². The Balaban J connectivity index is 1.93. The van der Waals surface area contributed by atoms with Gasteiger partial charge >= 0.3 is 0 Å². The van der Waals surface area contributed by atoms with Crippen LogP contribution in [-0.4, -0.2) is 29.6 Å². The van der Waals surface area contributed by atoms with Gasteiger partial charge in [-0.25, -0.2) is 4.98 Å². The van der Waals surface area contributed by atoms with E-state index in [0.717, 1.165) is 37.3 Å². The molecule has 0 saturated carbocycles. The maximum atomic E-state index is 6.16. The molecule has 134 valence electrons. The molecule has 4 nitrogen and oxygen atoms in total. The number of benzene rings is 2. The van der Waals surface area contributed by atoms with Crippen molar-refractivity contribution in [1.82, 2.24) is 9.38 Å². The lowest BCUT2D eigenvalue weighted by Gasteiger charge is -2.10. The molecule has 0 amide bonds. The Morgan fingerprint density at radius 3 is 2.77 bits per heavy atom. The molecule has 0 unspecified atom stereocenters. The van der Waals surface area contributed by atoms with Crippen molar-refractivity contribution in [1.29, 1.82) is 0 Å². The van der Waals surface area contributed by atoms with Crippen LogP contribution in [0.1, 0.15) is 11.1 Å². The number of fused-ring (bicyclic) bond motifs is 3. The average Bonchev–Trinajstić information content (AvgIpc) is 3.13. The Morgan fingerprint density at radius 1 is 1.15 bits per heavy atom. The smallest absolute Gasteiger partial charge is 0.197 e. The molecular weight excluding hydrogens is 366 g/mol. The van der Waals surface area contributed by atoms with E-state index in [9.17, 15) is 0 Å². The number of nitrogens with zero attached hydrogens (tertiary/aromatic N) is 2. The van der Waals surface area contributed by atoms with E-state index in [4.69, 9.17) is 21.3 Å². The van der Waals surface area contributed by atoms with E-state index in [1.807, 2.05) is 12.1 Å². The third-order valence-corrected chi connectivity index (χ3v) is 5.83. The fraction of sp³-hybridized carbons (Fsp3) is 0.250. The van der Waals surface area contributed by atoms with Crippen LogP contribution in [0.4, 0.5) is 5.82 Å². The van der Waals surface area contributed by atoms with Gasteiger partial charge in [0.15, 0.2) is 4.96 Å². The molecule has 0 atom stereocenters. The van der Waals surface area contributed by atoms with Crippen molar-refractivity contribution in [3.05, 3.63) is 52.5 Å². The molecule has 1 N–H and O–H groups in total. The fourth-order valence-electron chi connectivity index (χ4n) is 3.07. The van der Waals surface area contributed by atoms with Gasteiger partial charge in [-0.05, 0) is 49.2 Å². The molecule has 4 rings (SSSR count). The SMILES string of the molecule is COCCNc1c(-c2ccc(C)c(C)c2)nc2sc3cc(Cl)ccc3n12. The standard InChI is InChI=1S/C20H20ClN3OS/c1-12-4-5-14(10-13(12)2)18-19(22-8-9-25-3)24-16-7-6-15(21)11-17(16)26-20(24)23-18/h4-7,10-11,22H,8-9H2,1-3H3. The van der Waals surface area contributed by atoms with E-state index >= 15 is 0 Å². The van der Waals surface area contributed by atoms with Gasteiger partial charge in [0.1, 0.15) is 11.5 Å². The van der Waals surface area contributed by atoms with Crippen LogP contribution in [0.5, 0.6) is 0 Å². The van der Waals surface area contributed by atoms with Crippen LogP contribution in [0.15, 0.2) is 36.4 Å². The number of aromatic nitrogens is 2. The van der Waals surface area contributed by atoms with Crippen molar-refractivity contribution in [3.63, 3.8) is 0 Å². The van der Waals surface area contributed by atoms with E-state index in [2.05, 4.69) is 47.8 Å². The highest BCUT2D eigenvalue weighted by Crippen LogP contribution is 2.37. The molecule has 2 heterocycles. The average molecular weight is 386 g/mol. The lowest BCUT2D eigenvalue weighted by Crippen LogP contribution is -2.10. The van der Waals surface area contributed by atoms with Gasteiger partial charge in [-0.1, -0.05) is 35.1 Å². The van der Waals surface area contributed by atoms with Crippen LogP contribution in [0, 0.1) is 13.8 Å². The maximum Gasteiger partial charge on any atom is 0.197 e. The number of ether oxygens (including phenoxy) is 1. The quantitative estimate of drug-likeness (QED) is 0.458. The number of methoxy groups -OCH3 is 1. The van der Waals surface area contributed by atoms with Crippen molar-refractivity contribution >= 4 is 43.9 Å². The van der Waals surface area contributed by atoms with Gasteiger partial charge in [0.2, 0.25) is 0 Å². The summed E-state index contributed by atoms with van der Waals surface area (Å²) in [6.45, 7) is 5.60. The van der Waals surface area contributed by atoms with Crippen LogP contribution >= 0.6 is 22.9 Å². The summed E-state index contributed by atoms with van der Waals surface area (Å²) in [6.07, 6.45) is 0. The van der Waals surface area contributed by atoms with Crippen molar-refractivity contribution in [2.75, 3.05) is 25.6 Å². The van der Waals surface area contributed by atoms with Crippen molar-refractivity contribution in [2.24, 2.45) is 0 Å². The second-order valence-electron chi connectivity index (χ2n) is 6.36. The minimum Gasteiger partial charge on any atom is -0.383 e. The first kappa shape index (κ1) is 17.3. The van der Waals surface area contributed by atoms with Crippen LogP contribution < -0.4 is 5.32 Å². The molecule has 0 aliphatic heterocycles. The summed E-state index contributed by atoms with van der Waals surface area (Å²) in [5.74, 6) is 0.994. The number of halogens is 1. The molecule has 6 heteroatoms. The predicted octanol–water partition coefficient (Wildman–Crippen LogP) is 5.54. The number of thiazole rings is 1. The normalized spacial score (nSPS) is 11.5. The van der Waals surface area contributed by atoms with Gasteiger partial charge in [-0.3, -0.25) is 4.40 Å². The van der Waals surface area contributed by atoms with Crippen molar-refractivity contribution in [2.45, 2.75) is 13.8 Å². The third kappa shape index (κ3) is 2.96. The summed E-state index contributed by atoms with van der Waals surface area (Å²) < 4.78 is 8.51. The Hall–Kier alpha value is -2.08.